The molecule has 0 aliphatic heterocycles. The summed E-state index contributed by atoms with van der Waals surface area (Å²) >= 11 is 0. The Hall–Kier alpha value is -0.0900. The van der Waals surface area contributed by atoms with Crippen LogP contribution < -0.4 is 5.32 Å². The molecule has 1 aliphatic rings. The first-order valence-electron chi connectivity index (χ1n) is 5.77. The minimum atomic E-state index is -2.86. The molecule has 0 spiro atoms. The van der Waals surface area contributed by atoms with E-state index in [0.717, 1.165) is 5.92 Å². The lowest BCUT2D eigenvalue weighted by Crippen LogP contribution is -2.41. The van der Waals surface area contributed by atoms with Crippen molar-refractivity contribution >= 4 is 9.84 Å². The number of hydrogen-bond donors (Lipinski definition) is 1. The molecule has 3 nitrogen and oxygen atoms in total. The van der Waals surface area contributed by atoms with E-state index in [4.69, 9.17) is 0 Å². The van der Waals surface area contributed by atoms with Crippen LogP contribution in [0.15, 0.2) is 0 Å². The second-order valence-corrected chi connectivity index (χ2v) is 7.20. The first-order chi connectivity index (χ1) is 6.92. The average Bonchev–Trinajstić information content (AvgIpc) is 2.13. The molecule has 0 aromatic carbocycles. The lowest BCUT2D eigenvalue weighted by Gasteiger charge is -2.32. The zero-order chi connectivity index (χ0) is 11.5. The summed E-state index contributed by atoms with van der Waals surface area (Å²) in [6, 6.07) is 0.141. The summed E-state index contributed by atoms with van der Waals surface area (Å²) < 4.78 is 22.6. The van der Waals surface area contributed by atoms with Crippen LogP contribution in [-0.4, -0.2) is 33.5 Å². The highest BCUT2D eigenvalue weighted by Crippen LogP contribution is 2.31. The minimum absolute atomic E-state index is 0.141. The monoisotopic (exact) mass is 233 g/mol. The van der Waals surface area contributed by atoms with Gasteiger partial charge in [-0.2, -0.15) is 0 Å². The van der Waals surface area contributed by atoms with Crippen LogP contribution in [0.3, 0.4) is 0 Å². The predicted octanol–water partition coefficient (Wildman–Crippen LogP) is 1.45. The van der Waals surface area contributed by atoms with E-state index in [1.807, 2.05) is 7.05 Å². The van der Waals surface area contributed by atoms with Crippen LogP contribution in [0.2, 0.25) is 0 Å². The van der Waals surface area contributed by atoms with E-state index in [-0.39, 0.29) is 11.8 Å². The molecule has 0 aromatic rings. The molecule has 3 unspecified atom stereocenters. The minimum Gasteiger partial charge on any atom is -0.316 e. The molecule has 0 heterocycles. The topological polar surface area (TPSA) is 46.2 Å². The van der Waals surface area contributed by atoms with E-state index in [1.165, 1.54) is 31.9 Å². The third kappa shape index (κ3) is 4.51. The van der Waals surface area contributed by atoms with Crippen molar-refractivity contribution in [1.82, 2.24) is 5.32 Å². The van der Waals surface area contributed by atoms with E-state index in [9.17, 15) is 8.42 Å². The first-order valence-corrected chi connectivity index (χ1v) is 7.83. The van der Waals surface area contributed by atoms with Crippen molar-refractivity contribution in [3.05, 3.63) is 0 Å². The Kier molecular flexibility index (Phi) is 4.59. The summed E-state index contributed by atoms with van der Waals surface area (Å²) in [7, 11) is -0.995. The van der Waals surface area contributed by atoms with Gasteiger partial charge < -0.3 is 5.32 Å². The second kappa shape index (κ2) is 5.30. The van der Waals surface area contributed by atoms with Gasteiger partial charge in [-0.25, -0.2) is 8.42 Å². The van der Waals surface area contributed by atoms with Crippen molar-refractivity contribution in [2.24, 2.45) is 11.8 Å². The van der Waals surface area contributed by atoms with Crippen molar-refractivity contribution in [2.75, 3.05) is 19.1 Å². The molecule has 0 bridgehead atoms. The van der Waals surface area contributed by atoms with E-state index < -0.39 is 9.84 Å². The third-order valence-electron chi connectivity index (χ3n) is 3.40. The van der Waals surface area contributed by atoms with Crippen molar-refractivity contribution in [3.63, 3.8) is 0 Å². The number of nitrogens with one attached hydrogen (secondary N) is 1. The summed E-state index contributed by atoms with van der Waals surface area (Å²) in [4.78, 5) is 0. The van der Waals surface area contributed by atoms with Gasteiger partial charge in [0.2, 0.25) is 0 Å². The molecular weight excluding hydrogens is 210 g/mol. The molecule has 0 aromatic heterocycles. The van der Waals surface area contributed by atoms with Crippen LogP contribution in [0.25, 0.3) is 0 Å². The molecule has 1 saturated carbocycles. The summed E-state index contributed by atoms with van der Waals surface area (Å²) in [5, 5.41) is 3.17. The Balaban J connectivity index is 2.57. The molecule has 0 amide bonds. The number of sulfone groups is 1. The SMILES string of the molecule is CNC(CS(C)(=O)=O)C1CCCC(C)C1. The average molecular weight is 233 g/mol. The summed E-state index contributed by atoms with van der Waals surface area (Å²) in [6.45, 7) is 2.26. The molecule has 3 atom stereocenters. The summed E-state index contributed by atoms with van der Waals surface area (Å²) in [6.07, 6.45) is 6.20. The van der Waals surface area contributed by atoms with E-state index in [0.29, 0.717) is 5.92 Å². The molecule has 1 fully saturated rings. The molecule has 0 radical (unpaired) electrons. The van der Waals surface area contributed by atoms with E-state index >= 15 is 0 Å². The van der Waals surface area contributed by atoms with Gasteiger partial charge in [-0.3, -0.25) is 0 Å². The Labute approximate surface area is 93.6 Å². The van der Waals surface area contributed by atoms with Crippen molar-refractivity contribution < 1.29 is 8.42 Å². The van der Waals surface area contributed by atoms with Gasteiger partial charge in [0.25, 0.3) is 0 Å². The maximum Gasteiger partial charge on any atom is 0.148 e. The van der Waals surface area contributed by atoms with E-state index in [2.05, 4.69) is 12.2 Å². The van der Waals surface area contributed by atoms with E-state index in [1.54, 1.807) is 0 Å². The quantitative estimate of drug-likeness (QED) is 0.799. The Morgan fingerprint density at radius 2 is 2.07 bits per heavy atom. The molecule has 1 rings (SSSR count). The van der Waals surface area contributed by atoms with Gasteiger partial charge in [0.15, 0.2) is 0 Å². The first kappa shape index (κ1) is 13.0. The third-order valence-corrected chi connectivity index (χ3v) is 4.36. The van der Waals surface area contributed by atoms with Crippen LogP contribution >= 0.6 is 0 Å². The molecule has 1 N–H and O–H groups in total. The standard InChI is InChI=1S/C11H23NO2S/c1-9-5-4-6-10(7-9)11(12-2)8-15(3,13)14/h9-12H,4-8H2,1-3H3. The maximum atomic E-state index is 11.3. The largest absolute Gasteiger partial charge is 0.316 e. The zero-order valence-corrected chi connectivity index (χ0v) is 10.8. The molecular formula is C11H23NO2S. The van der Waals surface area contributed by atoms with Gasteiger partial charge in [-0.1, -0.05) is 19.8 Å². The molecule has 90 valence electrons. The van der Waals surface area contributed by atoms with Crippen molar-refractivity contribution in [2.45, 2.75) is 38.6 Å². The lowest BCUT2D eigenvalue weighted by atomic mass is 9.79. The van der Waals surface area contributed by atoms with Gasteiger partial charge in [-0.15, -0.1) is 0 Å². The fourth-order valence-electron chi connectivity index (χ4n) is 2.63. The smallest absolute Gasteiger partial charge is 0.148 e. The number of rotatable bonds is 4. The van der Waals surface area contributed by atoms with Gasteiger partial charge in [0.1, 0.15) is 9.84 Å². The van der Waals surface area contributed by atoms with Crippen LogP contribution in [0.4, 0.5) is 0 Å². The van der Waals surface area contributed by atoms with Crippen LogP contribution in [0.5, 0.6) is 0 Å². The van der Waals surface area contributed by atoms with Gasteiger partial charge in [0, 0.05) is 12.3 Å². The molecule has 15 heavy (non-hydrogen) atoms. The van der Waals surface area contributed by atoms with Gasteiger partial charge in [0.05, 0.1) is 5.75 Å². The fourth-order valence-corrected chi connectivity index (χ4v) is 3.72. The highest BCUT2D eigenvalue weighted by atomic mass is 32.2. The number of hydrogen-bond acceptors (Lipinski definition) is 3. The highest BCUT2D eigenvalue weighted by Gasteiger charge is 2.27. The molecule has 4 heteroatoms. The zero-order valence-electron chi connectivity index (χ0n) is 9.99. The van der Waals surface area contributed by atoms with Crippen molar-refractivity contribution in [1.29, 1.82) is 0 Å². The van der Waals surface area contributed by atoms with Crippen LogP contribution in [0, 0.1) is 11.8 Å². The summed E-state index contributed by atoms with van der Waals surface area (Å²) in [5.74, 6) is 1.56. The van der Waals surface area contributed by atoms with Crippen molar-refractivity contribution in [3.8, 4) is 0 Å². The van der Waals surface area contributed by atoms with Gasteiger partial charge >= 0.3 is 0 Å². The fraction of sp³-hybridized carbons (Fsp3) is 1.00. The Bertz CT molecular complexity index is 287. The Morgan fingerprint density at radius 1 is 1.40 bits per heavy atom. The molecule has 0 saturated heterocycles. The summed E-state index contributed by atoms with van der Waals surface area (Å²) in [5.41, 5.74) is 0. The van der Waals surface area contributed by atoms with Crippen LogP contribution in [-0.2, 0) is 9.84 Å². The maximum absolute atomic E-state index is 11.3. The Morgan fingerprint density at radius 3 is 2.53 bits per heavy atom. The van der Waals surface area contributed by atoms with Gasteiger partial charge in [-0.05, 0) is 31.7 Å². The normalized spacial score (nSPS) is 30.1. The lowest BCUT2D eigenvalue weighted by molar-refractivity contribution is 0.238. The predicted molar refractivity (Wildman–Crippen MR) is 63.7 cm³/mol. The second-order valence-electron chi connectivity index (χ2n) is 5.02. The highest BCUT2D eigenvalue weighted by molar-refractivity contribution is 7.90. The van der Waals surface area contributed by atoms with Crippen LogP contribution in [0.1, 0.15) is 32.6 Å². The molecule has 1 aliphatic carbocycles.